The summed E-state index contributed by atoms with van der Waals surface area (Å²) in [6.45, 7) is 2.24. The molecular weight excluding hydrogens is 591 g/mol. The van der Waals surface area contributed by atoms with E-state index in [2.05, 4.69) is 181 Å². The Kier molecular flexibility index (Phi) is 6.22. The van der Waals surface area contributed by atoms with Crippen molar-refractivity contribution in [1.29, 1.82) is 0 Å². The normalized spacial score (nSPS) is 11.9. The molecule has 0 saturated carbocycles. The molecule has 0 bridgehead atoms. The largest absolute Gasteiger partial charge is 0.309 e. The minimum Gasteiger partial charge on any atom is -0.309 e. The van der Waals surface area contributed by atoms with Crippen molar-refractivity contribution in [2.45, 2.75) is 13.3 Å². The van der Waals surface area contributed by atoms with Gasteiger partial charge in [0, 0.05) is 16.5 Å². The van der Waals surface area contributed by atoms with Gasteiger partial charge in [-0.15, -0.1) is 0 Å². The molecule has 1 heterocycles. The van der Waals surface area contributed by atoms with E-state index in [0.717, 1.165) is 6.42 Å². The predicted octanol–water partition coefficient (Wildman–Crippen LogP) is 13.3. The van der Waals surface area contributed by atoms with E-state index in [1.165, 1.54) is 98.4 Å². The summed E-state index contributed by atoms with van der Waals surface area (Å²) in [5.41, 5.74) is 10.0. The minimum atomic E-state index is 1.02. The Balaban J connectivity index is 1.24. The van der Waals surface area contributed by atoms with Crippen molar-refractivity contribution in [3.05, 3.63) is 175 Å². The van der Waals surface area contributed by atoms with E-state index in [0.29, 0.717) is 0 Å². The van der Waals surface area contributed by atoms with E-state index in [4.69, 9.17) is 0 Å². The number of rotatable bonds is 4. The van der Waals surface area contributed by atoms with Crippen LogP contribution in [0.25, 0.3) is 92.8 Å². The fraction of sp³-hybridized carbons (Fsp3) is 0.0417. The van der Waals surface area contributed by atoms with Gasteiger partial charge in [-0.05, 0) is 102 Å². The summed E-state index contributed by atoms with van der Waals surface area (Å²) < 4.78 is 2.47. The summed E-state index contributed by atoms with van der Waals surface area (Å²) in [5, 5.41) is 12.9. The molecule has 49 heavy (non-hydrogen) atoms. The molecule has 0 amide bonds. The zero-order valence-electron chi connectivity index (χ0n) is 27.3. The maximum Gasteiger partial charge on any atom is 0.0547 e. The molecule has 0 atom stereocenters. The molecule has 0 saturated heterocycles. The van der Waals surface area contributed by atoms with Crippen molar-refractivity contribution in [1.82, 2.24) is 4.57 Å². The molecular formula is C48H33N. The van der Waals surface area contributed by atoms with Gasteiger partial charge in [0.2, 0.25) is 0 Å². The highest BCUT2D eigenvalue weighted by Crippen LogP contribution is 2.45. The molecule has 0 aliphatic heterocycles. The first-order chi connectivity index (χ1) is 24.3. The smallest absolute Gasteiger partial charge is 0.0547 e. The second kappa shape index (κ2) is 10.9. The zero-order valence-corrected chi connectivity index (χ0v) is 27.3. The second-order valence-corrected chi connectivity index (χ2v) is 13.1. The van der Waals surface area contributed by atoms with Gasteiger partial charge in [0.1, 0.15) is 0 Å². The molecule has 1 aromatic heterocycles. The van der Waals surface area contributed by atoms with Crippen LogP contribution in [0.2, 0.25) is 0 Å². The zero-order chi connectivity index (χ0) is 32.5. The van der Waals surface area contributed by atoms with Crippen LogP contribution in [0.1, 0.15) is 12.5 Å². The standard InChI is InChI=1S/C48H33N/c1-2-31-20-21-33-25-29-44-48(42(33)30-31)47-37-15-7-6-12-32(37)24-28-43(47)49(44)36-26-22-35(23-27-36)46-40-18-10-8-16-38(40)45(34-13-4-3-5-14-34)39-17-9-11-19-41(39)46/h3-30H,2H2,1H3. The van der Waals surface area contributed by atoms with Crippen molar-refractivity contribution in [2.24, 2.45) is 0 Å². The lowest BCUT2D eigenvalue weighted by Gasteiger charge is -2.18. The molecule has 10 aromatic rings. The van der Waals surface area contributed by atoms with Crippen molar-refractivity contribution >= 4 is 64.9 Å². The molecule has 230 valence electrons. The van der Waals surface area contributed by atoms with Crippen LogP contribution in [0.15, 0.2) is 170 Å². The van der Waals surface area contributed by atoms with Crippen molar-refractivity contribution in [2.75, 3.05) is 0 Å². The Morgan fingerprint density at radius 3 is 1.45 bits per heavy atom. The van der Waals surface area contributed by atoms with E-state index >= 15 is 0 Å². The van der Waals surface area contributed by atoms with Gasteiger partial charge in [-0.25, -0.2) is 0 Å². The van der Waals surface area contributed by atoms with Crippen LogP contribution in [-0.4, -0.2) is 4.57 Å². The number of hydrogen-bond donors (Lipinski definition) is 0. The number of fused-ring (bicyclic) bond motifs is 9. The average molecular weight is 624 g/mol. The van der Waals surface area contributed by atoms with Gasteiger partial charge in [0.25, 0.3) is 0 Å². The van der Waals surface area contributed by atoms with E-state index in [1.54, 1.807) is 0 Å². The maximum atomic E-state index is 2.47. The van der Waals surface area contributed by atoms with Crippen LogP contribution in [0.4, 0.5) is 0 Å². The Morgan fingerprint density at radius 1 is 0.388 bits per heavy atom. The van der Waals surface area contributed by atoms with Gasteiger partial charge in [0.05, 0.1) is 11.0 Å². The number of aromatic nitrogens is 1. The predicted molar refractivity (Wildman–Crippen MR) is 211 cm³/mol. The van der Waals surface area contributed by atoms with E-state index < -0.39 is 0 Å². The lowest BCUT2D eigenvalue weighted by molar-refractivity contribution is 1.15. The van der Waals surface area contributed by atoms with Crippen LogP contribution in [0.3, 0.4) is 0 Å². The molecule has 0 aliphatic rings. The summed E-state index contributed by atoms with van der Waals surface area (Å²) in [6.07, 6.45) is 1.02. The van der Waals surface area contributed by atoms with Crippen LogP contribution in [0.5, 0.6) is 0 Å². The molecule has 1 heteroatoms. The summed E-state index contributed by atoms with van der Waals surface area (Å²) >= 11 is 0. The summed E-state index contributed by atoms with van der Waals surface area (Å²) in [7, 11) is 0. The molecule has 0 spiro atoms. The van der Waals surface area contributed by atoms with Gasteiger partial charge < -0.3 is 4.57 Å². The van der Waals surface area contributed by atoms with Crippen molar-refractivity contribution < 1.29 is 0 Å². The Morgan fingerprint density at radius 2 is 0.857 bits per heavy atom. The fourth-order valence-electron chi connectivity index (χ4n) is 8.27. The summed E-state index contributed by atoms with van der Waals surface area (Å²) in [6, 6.07) is 62.8. The van der Waals surface area contributed by atoms with Crippen LogP contribution < -0.4 is 0 Å². The van der Waals surface area contributed by atoms with Gasteiger partial charge >= 0.3 is 0 Å². The Labute approximate surface area is 285 Å². The minimum absolute atomic E-state index is 1.02. The number of benzene rings is 9. The summed E-state index contributed by atoms with van der Waals surface area (Å²) in [4.78, 5) is 0. The van der Waals surface area contributed by atoms with Crippen LogP contribution in [0, 0.1) is 0 Å². The van der Waals surface area contributed by atoms with Crippen molar-refractivity contribution in [3.8, 4) is 27.9 Å². The number of hydrogen-bond acceptors (Lipinski definition) is 0. The van der Waals surface area contributed by atoms with E-state index in [1.807, 2.05) is 0 Å². The lowest BCUT2D eigenvalue weighted by atomic mass is 9.86. The first-order valence-electron chi connectivity index (χ1n) is 17.3. The van der Waals surface area contributed by atoms with Gasteiger partial charge in [-0.3, -0.25) is 0 Å². The number of aryl methyl sites for hydroxylation is 1. The molecule has 10 rings (SSSR count). The third-order valence-electron chi connectivity index (χ3n) is 10.5. The monoisotopic (exact) mass is 623 g/mol. The van der Waals surface area contributed by atoms with E-state index in [-0.39, 0.29) is 0 Å². The number of nitrogens with zero attached hydrogens (tertiary/aromatic N) is 1. The highest BCUT2D eigenvalue weighted by Gasteiger charge is 2.19. The third-order valence-corrected chi connectivity index (χ3v) is 10.5. The summed E-state index contributed by atoms with van der Waals surface area (Å²) in [5.74, 6) is 0. The third kappa shape index (κ3) is 4.19. The molecule has 0 unspecified atom stereocenters. The van der Waals surface area contributed by atoms with Crippen LogP contribution >= 0.6 is 0 Å². The molecule has 0 N–H and O–H groups in total. The molecule has 1 nitrogen and oxygen atoms in total. The second-order valence-electron chi connectivity index (χ2n) is 13.1. The molecule has 9 aromatic carbocycles. The molecule has 0 radical (unpaired) electrons. The topological polar surface area (TPSA) is 4.93 Å². The van der Waals surface area contributed by atoms with E-state index in [9.17, 15) is 0 Å². The fourth-order valence-corrected chi connectivity index (χ4v) is 8.27. The van der Waals surface area contributed by atoms with Crippen LogP contribution in [-0.2, 0) is 6.42 Å². The van der Waals surface area contributed by atoms with Gasteiger partial charge in [0.15, 0.2) is 0 Å². The Hall–Kier alpha value is -6.18. The van der Waals surface area contributed by atoms with Gasteiger partial charge in [-0.1, -0.05) is 153 Å². The molecule has 0 fully saturated rings. The maximum absolute atomic E-state index is 2.47. The highest BCUT2D eigenvalue weighted by molar-refractivity contribution is 6.28. The Bertz CT molecular complexity index is 2830. The first kappa shape index (κ1) is 27.9. The first-order valence-corrected chi connectivity index (χ1v) is 17.3. The highest BCUT2D eigenvalue weighted by atomic mass is 15.0. The SMILES string of the molecule is CCc1ccc2ccc3c(c2c1)c1c2ccccc2ccc1n3-c1ccc(-c2c3ccccc3c(-c3ccccc3)c3ccccc23)cc1. The quantitative estimate of drug-likeness (QED) is 0.172. The lowest BCUT2D eigenvalue weighted by Crippen LogP contribution is -1.95. The van der Waals surface area contributed by atoms with Crippen molar-refractivity contribution in [3.63, 3.8) is 0 Å². The molecule has 0 aliphatic carbocycles. The van der Waals surface area contributed by atoms with Gasteiger partial charge in [-0.2, -0.15) is 0 Å². The average Bonchev–Trinajstić information content (AvgIpc) is 3.52.